The second-order valence-corrected chi connectivity index (χ2v) is 5.47. The Morgan fingerprint density at radius 1 is 0.952 bits per heavy atom. The van der Waals surface area contributed by atoms with Crippen molar-refractivity contribution < 1.29 is 0 Å². The van der Waals surface area contributed by atoms with E-state index in [9.17, 15) is 0 Å². The van der Waals surface area contributed by atoms with Crippen molar-refractivity contribution in [2.45, 2.75) is 52.0 Å². The molecular formula is C17H26N4. The van der Waals surface area contributed by atoms with Crippen LogP contribution in [0.15, 0.2) is 30.3 Å². The van der Waals surface area contributed by atoms with Gasteiger partial charge in [0.1, 0.15) is 0 Å². The molecule has 4 nitrogen and oxygen atoms in total. The van der Waals surface area contributed by atoms with Crippen LogP contribution < -0.4 is 5.32 Å². The molecule has 2 N–H and O–H groups in total. The van der Waals surface area contributed by atoms with Gasteiger partial charge in [-0.15, -0.1) is 0 Å². The van der Waals surface area contributed by atoms with Gasteiger partial charge < -0.3 is 5.32 Å². The summed E-state index contributed by atoms with van der Waals surface area (Å²) >= 11 is 0. The van der Waals surface area contributed by atoms with Crippen LogP contribution in [0.2, 0.25) is 0 Å². The maximum atomic E-state index is 4.27. The van der Waals surface area contributed by atoms with Gasteiger partial charge in [0.2, 0.25) is 0 Å². The lowest BCUT2D eigenvalue weighted by Gasteiger charge is -2.04. The third-order valence-corrected chi connectivity index (χ3v) is 3.67. The van der Waals surface area contributed by atoms with Crippen LogP contribution in [0.5, 0.6) is 0 Å². The number of unbranched alkanes of at least 4 members (excludes halogenated alkanes) is 4. The zero-order valence-corrected chi connectivity index (χ0v) is 12.9. The highest BCUT2D eigenvalue weighted by Gasteiger charge is 2.07. The molecule has 0 bridgehead atoms. The van der Waals surface area contributed by atoms with Crippen molar-refractivity contribution >= 4 is 0 Å². The van der Waals surface area contributed by atoms with Crippen molar-refractivity contribution in [3.63, 3.8) is 0 Å². The first-order valence-corrected chi connectivity index (χ1v) is 8.03. The maximum Gasteiger partial charge on any atom is 0.0997 e. The predicted molar refractivity (Wildman–Crippen MR) is 86.1 cm³/mol. The van der Waals surface area contributed by atoms with Gasteiger partial charge >= 0.3 is 0 Å². The van der Waals surface area contributed by atoms with Crippen molar-refractivity contribution in [1.82, 2.24) is 20.7 Å². The second kappa shape index (κ2) is 9.29. The largest absolute Gasteiger partial charge is 0.311 e. The fourth-order valence-corrected chi connectivity index (χ4v) is 2.41. The summed E-state index contributed by atoms with van der Waals surface area (Å²) in [6, 6.07) is 10.4. The Balaban J connectivity index is 1.71. The number of aromatic amines is 1. The van der Waals surface area contributed by atoms with Crippen LogP contribution in [-0.4, -0.2) is 22.0 Å². The summed E-state index contributed by atoms with van der Waals surface area (Å²) in [7, 11) is 0. The number of benzene rings is 1. The van der Waals surface area contributed by atoms with E-state index in [0.717, 1.165) is 30.9 Å². The minimum Gasteiger partial charge on any atom is -0.311 e. The van der Waals surface area contributed by atoms with Gasteiger partial charge in [-0.25, -0.2) is 0 Å². The van der Waals surface area contributed by atoms with E-state index >= 15 is 0 Å². The highest BCUT2D eigenvalue weighted by molar-refractivity contribution is 5.23. The summed E-state index contributed by atoms with van der Waals surface area (Å²) in [6.45, 7) is 4.10. The van der Waals surface area contributed by atoms with Crippen LogP contribution in [0.4, 0.5) is 0 Å². The normalized spacial score (nSPS) is 10.9. The number of rotatable bonds is 10. The molecule has 4 heteroatoms. The van der Waals surface area contributed by atoms with Gasteiger partial charge in [0.25, 0.3) is 0 Å². The van der Waals surface area contributed by atoms with E-state index in [1.54, 1.807) is 0 Å². The van der Waals surface area contributed by atoms with Crippen LogP contribution >= 0.6 is 0 Å². The van der Waals surface area contributed by atoms with Crippen LogP contribution in [0.3, 0.4) is 0 Å². The smallest absolute Gasteiger partial charge is 0.0997 e. The molecule has 0 atom stereocenters. The van der Waals surface area contributed by atoms with Gasteiger partial charge in [-0.3, -0.25) is 0 Å². The van der Waals surface area contributed by atoms with Crippen molar-refractivity contribution in [2.75, 3.05) is 6.54 Å². The minimum absolute atomic E-state index is 0.798. The molecule has 1 aromatic carbocycles. The van der Waals surface area contributed by atoms with Crippen molar-refractivity contribution in [3.8, 4) is 0 Å². The highest BCUT2D eigenvalue weighted by Crippen LogP contribution is 2.09. The zero-order valence-electron chi connectivity index (χ0n) is 12.9. The quantitative estimate of drug-likeness (QED) is 0.658. The van der Waals surface area contributed by atoms with Gasteiger partial charge in [0.15, 0.2) is 0 Å². The molecule has 0 saturated carbocycles. The molecule has 0 radical (unpaired) electrons. The van der Waals surface area contributed by atoms with Gasteiger partial charge in [-0.1, -0.05) is 62.9 Å². The molecule has 0 fully saturated rings. The molecule has 2 rings (SSSR count). The lowest BCUT2D eigenvalue weighted by Crippen LogP contribution is -2.16. The molecule has 0 aliphatic rings. The fourth-order valence-electron chi connectivity index (χ4n) is 2.41. The van der Waals surface area contributed by atoms with Crippen LogP contribution in [0.25, 0.3) is 0 Å². The van der Waals surface area contributed by atoms with E-state index < -0.39 is 0 Å². The Morgan fingerprint density at radius 2 is 1.71 bits per heavy atom. The van der Waals surface area contributed by atoms with Crippen LogP contribution in [-0.2, 0) is 13.0 Å². The van der Waals surface area contributed by atoms with E-state index in [0.29, 0.717) is 0 Å². The Hall–Kier alpha value is -1.68. The number of H-pyrrole nitrogens is 1. The van der Waals surface area contributed by atoms with Gasteiger partial charge in [-0.2, -0.15) is 15.4 Å². The average Bonchev–Trinajstić information content (AvgIpc) is 2.95. The van der Waals surface area contributed by atoms with Gasteiger partial charge in [0, 0.05) is 13.0 Å². The summed E-state index contributed by atoms with van der Waals surface area (Å²) in [5.41, 5.74) is 3.35. The fraction of sp³-hybridized carbons (Fsp3) is 0.529. The Labute approximate surface area is 127 Å². The third kappa shape index (κ3) is 5.68. The Bertz CT molecular complexity index is 493. The molecular weight excluding hydrogens is 260 g/mol. The lowest BCUT2D eigenvalue weighted by atomic mass is 10.1. The average molecular weight is 286 g/mol. The standard InChI is InChI=1S/C17H26N4/c1-2-3-4-5-9-12-18-14-17-16(19-21-20-17)13-15-10-7-6-8-11-15/h6-8,10-11,18H,2-5,9,12-14H2,1H3,(H,19,20,21). The Kier molecular flexibility index (Phi) is 6.95. The summed E-state index contributed by atoms with van der Waals surface area (Å²) in [5.74, 6) is 0. The number of nitrogens with zero attached hydrogens (tertiary/aromatic N) is 2. The van der Waals surface area contributed by atoms with E-state index in [-0.39, 0.29) is 0 Å². The van der Waals surface area contributed by atoms with Crippen molar-refractivity contribution in [3.05, 3.63) is 47.3 Å². The third-order valence-electron chi connectivity index (χ3n) is 3.67. The van der Waals surface area contributed by atoms with Crippen molar-refractivity contribution in [2.24, 2.45) is 0 Å². The molecule has 0 aliphatic carbocycles. The van der Waals surface area contributed by atoms with E-state index in [1.165, 1.54) is 37.7 Å². The summed E-state index contributed by atoms with van der Waals surface area (Å²) in [4.78, 5) is 0. The highest BCUT2D eigenvalue weighted by atomic mass is 15.3. The van der Waals surface area contributed by atoms with Crippen LogP contribution in [0.1, 0.15) is 56.0 Å². The first kappa shape index (κ1) is 15.7. The van der Waals surface area contributed by atoms with Crippen LogP contribution in [0, 0.1) is 0 Å². The van der Waals surface area contributed by atoms with E-state index in [1.807, 2.05) is 6.07 Å². The molecule has 1 heterocycles. The topological polar surface area (TPSA) is 53.6 Å². The van der Waals surface area contributed by atoms with E-state index in [2.05, 4.69) is 51.9 Å². The SMILES string of the molecule is CCCCCCCNCc1n[nH]nc1Cc1ccccc1. The van der Waals surface area contributed by atoms with Crippen molar-refractivity contribution in [1.29, 1.82) is 0 Å². The predicted octanol–water partition coefficient (Wildman–Crippen LogP) is 3.46. The second-order valence-electron chi connectivity index (χ2n) is 5.47. The number of nitrogens with one attached hydrogen (secondary N) is 2. The molecule has 0 saturated heterocycles. The molecule has 0 aliphatic heterocycles. The summed E-state index contributed by atoms with van der Waals surface area (Å²) < 4.78 is 0. The maximum absolute atomic E-state index is 4.27. The first-order chi connectivity index (χ1) is 10.4. The summed E-state index contributed by atoms with van der Waals surface area (Å²) in [6.07, 6.45) is 7.40. The van der Waals surface area contributed by atoms with E-state index in [4.69, 9.17) is 0 Å². The van der Waals surface area contributed by atoms with Gasteiger partial charge in [0.05, 0.1) is 11.4 Å². The molecule has 0 spiro atoms. The zero-order chi connectivity index (χ0) is 14.8. The number of hydrogen-bond acceptors (Lipinski definition) is 3. The lowest BCUT2D eigenvalue weighted by molar-refractivity contribution is 0.578. The molecule has 114 valence electrons. The molecule has 21 heavy (non-hydrogen) atoms. The molecule has 0 amide bonds. The monoisotopic (exact) mass is 286 g/mol. The Morgan fingerprint density at radius 3 is 2.52 bits per heavy atom. The van der Waals surface area contributed by atoms with Gasteiger partial charge in [-0.05, 0) is 18.5 Å². The first-order valence-electron chi connectivity index (χ1n) is 8.03. The molecule has 1 aromatic heterocycles. The number of hydrogen-bond donors (Lipinski definition) is 2. The molecule has 2 aromatic rings. The minimum atomic E-state index is 0.798. The molecule has 0 unspecified atom stereocenters. The summed E-state index contributed by atoms with van der Waals surface area (Å²) in [5, 5.41) is 14.8. The number of aromatic nitrogens is 3.